The molecule has 1 unspecified atom stereocenters. The first-order valence-electron chi connectivity index (χ1n) is 6.75. The number of rotatable bonds is 4. The Bertz CT molecular complexity index is 393. The number of nitrogens with one attached hydrogen (secondary N) is 1. The molecule has 1 fully saturated rings. The summed E-state index contributed by atoms with van der Waals surface area (Å²) in [6.07, 6.45) is 7.50. The lowest BCUT2D eigenvalue weighted by atomic mass is 9.91. The first-order valence-corrected chi connectivity index (χ1v) is 6.75. The topological polar surface area (TPSA) is 45.2 Å². The van der Waals surface area contributed by atoms with Gasteiger partial charge in [0.25, 0.3) is 0 Å². The molecule has 0 aliphatic carbocycles. The minimum Gasteiger partial charge on any atom is -0.387 e. The number of aliphatic hydroxyl groups is 1. The first kappa shape index (κ1) is 19.6. The molecule has 1 aliphatic heterocycles. The van der Waals surface area contributed by atoms with Gasteiger partial charge in [0, 0.05) is 23.8 Å². The van der Waals surface area contributed by atoms with Gasteiger partial charge < -0.3 is 10.4 Å². The fraction of sp³-hybridized carbons (Fsp3) is 0.643. The Morgan fingerprint density at radius 3 is 2.80 bits per heavy atom. The number of aliphatic hydroxyl groups excluding tert-OH is 1. The summed E-state index contributed by atoms with van der Waals surface area (Å²) < 4.78 is 13.1. The van der Waals surface area contributed by atoms with Crippen LogP contribution >= 0.6 is 24.8 Å². The van der Waals surface area contributed by atoms with Crippen molar-refractivity contribution in [2.45, 2.75) is 57.2 Å². The first-order chi connectivity index (χ1) is 8.70. The molecule has 2 N–H and O–H groups in total. The van der Waals surface area contributed by atoms with Crippen molar-refractivity contribution in [1.82, 2.24) is 10.3 Å². The van der Waals surface area contributed by atoms with Crippen LogP contribution < -0.4 is 5.32 Å². The highest BCUT2D eigenvalue weighted by Gasteiger charge is 2.27. The molecule has 1 aliphatic rings. The van der Waals surface area contributed by atoms with Crippen LogP contribution in [0.4, 0.5) is 4.39 Å². The van der Waals surface area contributed by atoms with Gasteiger partial charge in [-0.15, -0.1) is 24.8 Å². The highest BCUT2D eigenvalue weighted by atomic mass is 35.5. The second kappa shape index (κ2) is 9.50. The van der Waals surface area contributed by atoms with E-state index in [1.54, 1.807) is 6.20 Å². The molecule has 20 heavy (non-hydrogen) atoms. The van der Waals surface area contributed by atoms with Gasteiger partial charge in [-0.1, -0.05) is 19.8 Å². The zero-order valence-corrected chi connectivity index (χ0v) is 13.2. The fourth-order valence-corrected chi connectivity index (χ4v) is 2.70. The van der Waals surface area contributed by atoms with Crippen LogP contribution in [0.25, 0.3) is 0 Å². The Balaban J connectivity index is 0.00000180. The van der Waals surface area contributed by atoms with Crippen LogP contribution in [-0.4, -0.2) is 22.2 Å². The molecule has 2 heterocycles. The maximum absolute atomic E-state index is 13.1. The van der Waals surface area contributed by atoms with E-state index in [2.05, 4.69) is 17.2 Å². The Labute approximate surface area is 132 Å². The Kier molecular flexibility index (Phi) is 9.30. The zero-order valence-electron chi connectivity index (χ0n) is 11.6. The van der Waals surface area contributed by atoms with Crippen molar-refractivity contribution in [3.05, 3.63) is 29.8 Å². The van der Waals surface area contributed by atoms with Crippen LogP contribution in [0, 0.1) is 5.82 Å². The molecule has 3 atom stereocenters. The molecule has 0 aromatic carbocycles. The van der Waals surface area contributed by atoms with Gasteiger partial charge >= 0.3 is 0 Å². The second-order valence-electron chi connectivity index (χ2n) is 5.07. The maximum atomic E-state index is 13.1. The molecule has 0 spiro atoms. The van der Waals surface area contributed by atoms with E-state index in [1.807, 2.05) is 0 Å². The third kappa shape index (κ3) is 5.17. The van der Waals surface area contributed by atoms with Gasteiger partial charge in [-0.2, -0.15) is 0 Å². The smallest absolute Gasteiger partial charge is 0.141 e. The van der Waals surface area contributed by atoms with Gasteiger partial charge in [0.15, 0.2) is 0 Å². The van der Waals surface area contributed by atoms with Gasteiger partial charge in [-0.05, 0) is 25.3 Å². The summed E-state index contributed by atoms with van der Waals surface area (Å²) >= 11 is 0. The number of hydrogen-bond donors (Lipinski definition) is 2. The van der Waals surface area contributed by atoms with Crippen molar-refractivity contribution in [3.63, 3.8) is 0 Å². The molecule has 1 aromatic rings. The van der Waals surface area contributed by atoms with Gasteiger partial charge in [0.05, 0.1) is 12.3 Å². The summed E-state index contributed by atoms with van der Waals surface area (Å²) in [5.74, 6) is -0.396. The molecule has 3 nitrogen and oxygen atoms in total. The van der Waals surface area contributed by atoms with Crippen molar-refractivity contribution in [3.8, 4) is 0 Å². The number of halogens is 3. The summed E-state index contributed by atoms with van der Waals surface area (Å²) in [6, 6.07) is 1.85. The minimum absolute atomic E-state index is 0. The van der Waals surface area contributed by atoms with Crippen molar-refractivity contribution >= 4 is 24.8 Å². The normalized spacial score (nSPS) is 23.4. The lowest BCUT2D eigenvalue weighted by molar-refractivity contribution is 0.0992. The molecule has 2 rings (SSSR count). The van der Waals surface area contributed by atoms with Crippen LogP contribution in [0.2, 0.25) is 0 Å². The van der Waals surface area contributed by atoms with Crippen LogP contribution in [0.1, 0.15) is 50.7 Å². The fourth-order valence-electron chi connectivity index (χ4n) is 2.70. The summed E-state index contributed by atoms with van der Waals surface area (Å²) in [5, 5.41) is 13.8. The lowest BCUT2D eigenvalue weighted by Gasteiger charge is -2.34. The van der Waals surface area contributed by atoms with Crippen molar-refractivity contribution < 1.29 is 9.50 Å². The van der Waals surface area contributed by atoms with Crippen LogP contribution in [0.3, 0.4) is 0 Å². The molecule has 0 bridgehead atoms. The van der Waals surface area contributed by atoms with Crippen LogP contribution in [0.15, 0.2) is 18.5 Å². The number of pyridine rings is 1. The molecular formula is C14H23Cl2FN2O. The Morgan fingerprint density at radius 2 is 2.15 bits per heavy atom. The average Bonchev–Trinajstić information content (AvgIpc) is 2.39. The molecule has 1 saturated heterocycles. The highest BCUT2D eigenvalue weighted by molar-refractivity contribution is 5.85. The maximum Gasteiger partial charge on any atom is 0.141 e. The summed E-state index contributed by atoms with van der Waals surface area (Å²) in [4.78, 5) is 3.79. The van der Waals surface area contributed by atoms with Crippen molar-refractivity contribution in [2.75, 3.05) is 0 Å². The van der Waals surface area contributed by atoms with E-state index >= 15 is 0 Å². The standard InChI is InChI=1S/C14H21FN2O.2ClH/c1-2-4-12-5-3-6-13(17-12)14(18)10-7-11(15)9-16-8-10;;/h7-9,12-14,17-18H,2-6H2,1H3;2*1H/t12-,13+,14?;;/m0../s1. The predicted molar refractivity (Wildman–Crippen MR) is 83.1 cm³/mol. The van der Waals surface area contributed by atoms with Gasteiger partial charge in [0.2, 0.25) is 0 Å². The summed E-state index contributed by atoms with van der Waals surface area (Å²) in [6.45, 7) is 2.16. The molecular weight excluding hydrogens is 302 g/mol. The third-order valence-corrected chi connectivity index (χ3v) is 3.60. The van der Waals surface area contributed by atoms with E-state index in [0.717, 1.165) is 31.9 Å². The average molecular weight is 325 g/mol. The Morgan fingerprint density at radius 1 is 1.40 bits per heavy atom. The monoisotopic (exact) mass is 324 g/mol. The number of aromatic nitrogens is 1. The SMILES string of the molecule is CCC[C@H]1CCC[C@H](C(O)c2cncc(F)c2)N1.Cl.Cl. The molecule has 1 aromatic heterocycles. The van der Waals surface area contributed by atoms with Crippen LogP contribution in [-0.2, 0) is 0 Å². The van der Waals surface area contributed by atoms with E-state index in [4.69, 9.17) is 0 Å². The van der Waals surface area contributed by atoms with E-state index in [0.29, 0.717) is 11.6 Å². The van der Waals surface area contributed by atoms with E-state index in [1.165, 1.54) is 12.5 Å². The Hall–Kier alpha value is -0.420. The quantitative estimate of drug-likeness (QED) is 0.892. The number of piperidine rings is 1. The number of hydrogen-bond acceptors (Lipinski definition) is 3. The van der Waals surface area contributed by atoms with E-state index in [-0.39, 0.29) is 30.9 Å². The van der Waals surface area contributed by atoms with Crippen LogP contribution in [0.5, 0.6) is 0 Å². The number of nitrogens with zero attached hydrogens (tertiary/aromatic N) is 1. The molecule has 0 radical (unpaired) electrons. The molecule has 0 amide bonds. The van der Waals surface area contributed by atoms with E-state index < -0.39 is 11.9 Å². The second-order valence-corrected chi connectivity index (χ2v) is 5.07. The lowest BCUT2D eigenvalue weighted by Crippen LogP contribution is -2.45. The summed E-state index contributed by atoms with van der Waals surface area (Å²) in [5.41, 5.74) is 0.560. The van der Waals surface area contributed by atoms with Gasteiger partial charge in [-0.3, -0.25) is 4.98 Å². The van der Waals surface area contributed by atoms with E-state index in [9.17, 15) is 9.50 Å². The predicted octanol–water partition coefficient (Wildman–Crippen LogP) is 3.41. The molecule has 116 valence electrons. The van der Waals surface area contributed by atoms with Crippen molar-refractivity contribution in [2.24, 2.45) is 0 Å². The minimum atomic E-state index is -0.673. The third-order valence-electron chi connectivity index (χ3n) is 3.60. The highest BCUT2D eigenvalue weighted by Crippen LogP contribution is 2.25. The van der Waals surface area contributed by atoms with Gasteiger partial charge in [-0.25, -0.2) is 4.39 Å². The largest absolute Gasteiger partial charge is 0.387 e. The zero-order chi connectivity index (χ0) is 13.0. The molecule has 0 saturated carbocycles. The summed E-state index contributed by atoms with van der Waals surface area (Å²) in [7, 11) is 0. The van der Waals surface area contributed by atoms with Crippen molar-refractivity contribution in [1.29, 1.82) is 0 Å². The van der Waals surface area contributed by atoms with Gasteiger partial charge in [0.1, 0.15) is 5.82 Å². The molecule has 6 heteroatoms.